The molecule has 0 saturated heterocycles. The zero-order valence-corrected chi connectivity index (χ0v) is 35.2. The van der Waals surface area contributed by atoms with E-state index in [2.05, 4.69) is 73.5 Å². The first-order valence-electron chi connectivity index (χ1n) is 17.0. The molecule has 0 aliphatic rings. The Morgan fingerprint density at radius 1 is 0.830 bits per heavy atom. The zero-order valence-electron chi connectivity index (χ0n) is 30.6. The molecule has 0 aliphatic heterocycles. The van der Waals surface area contributed by atoms with Crippen LogP contribution in [0.3, 0.4) is 0 Å². The van der Waals surface area contributed by atoms with Gasteiger partial charge in [0.05, 0.1) is 38.0 Å². The lowest BCUT2D eigenvalue weighted by Crippen LogP contribution is -2.26. The van der Waals surface area contributed by atoms with Crippen LogP contribution in [0.25, 0.3) is 5.69 Å². The van der Waals surface area contributed by atoms with Crippen LogP contribution in [-0.4, -0.2) is 45.5 Å². The van der Waals surface area contributed by atoms with Gasteiger partial charge in [0.1, 0.15) is 11.4 Å². The molecule has 290 valence electrons. The van der Waals surface area contributed by atoms with Crippen LogP contribution in [0.15, 0.2) is 58.2 Å². The van der Waals surface area contributed by atoms with Crippen molar-refractivity contribution in [1.82, 2.24) is 14.5 Å². The van der Waals surface area contributed by atoms with Crippen LogP contribution in [0, 0.1) is 0 Å². The number of aromatic nitrogens is 2. The number of ether oxygens (including phenoxy) is 1. The van der Waals surface area contributed by atoms with Gasteiger partial charge in [-0.05, 0) is 79.0 Å². The number of H-pyrrole nitrogens is 1. The van der Waals surface area contributed by atoms with Crippen molar-refractivity contribution in [3.8, 4) is 11.4 Å². The quantitative estimate of drug-likeness (QED) is 0.0773. The third-order valence-electron chi connectivity index (χ3n) is 9.37. The van der Waals surface area contributed by atoms with E-state index in [1.807, 2.05) is 6.07 Å². The fourth-order valence-corrected chi connectivity index (χ4v) is 8.10. The summed E-state index contributed by atoms with van der Waals surface area (Å²) in [5.74, 6) is 0.274. The van der Waals surface area contributed by atoms with Crippen molar-refractivity contribution in [3.63, 3.8) is 0 Å². The lowest BCUT2D eigenvalue weighted by molar-refractivity contribution is 0.300. The number of hydrogen-bond donors (Lipinski definition) is 4. The zero-order chi connectivity index (χ0) is 39.5. The number of sulfonamides is 2. The summed E-state index contributed by atoms with van der Waals surface area (Å²) < 4.78 is 63.9. The van der Waals surface area contributed by atoms with Crippen LogP contribution < -0.4 is 25.1 Å². The number of hydrogen-bond acceptors (Lipinski definition) is 7. The van der Waals surface area contributed by atoms with Crippen molar-refractivity contribution >= 4 is 83.6 Å². The van der Waals surface area contributed by atoms with Gasteiger partial charge in [-0.2, -0.15) is 0 Å². The lowest BCUT2D eigenvalue weighted by Gasteiger charge is -2.30. The standard InChI is InChI=1S/C36H45Cl4N5O6S2/c1-8-35(4,5)22-12-15-30(25(18-22)36(6,7)9-2)51-17-11-16-41-53(49,50)24-13-14-26(38)29(21-24)42-33-31(44-52(47,48)10-3)34(46)45(43-33)32-27(39)19-23(37)20-28(32)40/h12-15,18-21,41-44H,8-11,16-17H2,1-7H3. The van der Waals surface area contributed by atoms with Crippen molar-refractivity contribution in [2.75, 3.05) is 28.9 Å². The van der Waals surface area contributed by atoms with E-state index in [9.17, 15) is 21.6 Å². The van der Waals surface area contributed by atoms with Gasteiger partial charge in [0.25, 0.3) is 5.56 Å². The van der Waals surface area contributed by atoms with E-state index in [1.54, 1.807) is 0 Å². The fraction of sp³-hybridized carbons (Fsp3) is 0.417. The normalized spacial score (nSPS) is 12.6. The molecule has 17 heteroatoms. The molecule has 0 unspecified atom stereocenters. The van der Waals surface area contributed by atoms with E-state index in [0.29, 0.717) is 6.42 Å². The van der Waals surface area contributed by atoms with Crippen molar-refractivity contribution in [2.24, 2.45) is 0 Å². The fourth-order valence-electron chi connectivity index (χ4n) is 5.20. The number of benzene rings is 3. The second-order valence-electron chi connectivity index (χ2n) is 13.8. The van der Waals surface area contributed by atoms with Gasteiger partial charge in [0.2, 0.25) is 20.0 Å². The van der Waals surface area contributed by atoms with Gasteiger partial charge in [-0.15, -0.1) is 0 Å². The van der Waals surface area contributed by atoms with Gasteiger partial charge in [-0.3, -0.25) is 14.6 Å². The highest BCUT2D eigenvalue weighted by atomic mass is 35.5. The predicted octanol–water partition coefficient (Wildman–Crippen LogP) is 9.41. The number of aromatic amines is 1. The van der Waals surface area contributed by atoms with Crippen molar-refractivity contribution in [3.05, 3.63) is 90.1 Å². The minimum absolute atomic E-state index is 0.00376. The second kappa shape index (κ2) is 16.8. The Kier molecular flexibility index (Phi) is 13.6. The molecule has 11 nitrogen and oxygen atoms in total. The minimum Gasteiger partial charge on any atom is -0.493 e. The molecule has 4 rings (SSSR count). The molecule has 0 aliphatic carbocycles. The molecule has 0 atom stereocenters. The highest BCUT2D eigenvalue weighted by Gasteiger charge is 2.27. The van der Waals surface area contributed by atoms with Crippen LogP contribution in [0.2, 0.25) is 20.1 Å². The summed E-state index contributed by atoms with van der Waals surface area (Å²) >= 11 is 25.2. The summed E-state index contributed by atoms with van der Waals surface area (Å²) in [6.45, 7) is 14.9. The molecule has 4 aromatic rings. The van der Waals surface area contributed by atoms with E-state index >= 15 is 0 Å². The number of anilines is 3. The Morgan fingerprint density at radius 3 is 2.08 bits per heavy atom. The van der Waals surface area contributed by atoms with Crippen LogP contribution >= 0.6 is 46.4 Å². The molecule has 0 amide bonds. The Bertz CT molecular complexity index is 2230. The van der Waals surface area contributed by atoms with Crippen molar-refractivity contribution in [1.29, 1.82) is 0 Å². The van der Waals surface area contributed by atoms with Crippen LogP contribution in [0.1, 0.15) is 78.9 Å². The first kappa shape index (κ1) is 42.8. The highest BCUT2D eigenvalue weighted by molar-refractivity contribution is 7.92. The molecule has 0 radical (unpaired) electrons. The Hall–Kier alpha value is -2.91. The Labute approximate surface area is 331 Å². The molecule has 53 heavy (non-hydrogen) atoms. The molecule has 3 aromatic carbocycles. The van der Waals surface area contributed by atoms with E-state index in [1.165, 1.54) is 42.8 Å². The molecule has 1 aromatic heterocycles. The molecule has 0 bridgehead atoms. The van der Waals surface area contributed by atoms with Crippen molar-refractivity contribution < 1.29 is 21.6 Å². The molecular weight excluding hydrogens is 804 g/mol. The van der Waals surface area contributed by atoms with Gasteiger partial charge in [0.15, 0.2) is 11.5 Å². The maximum absolute atomic E-state index is 13.6. The third-order valence-corrected chi connectivity index (χ3v) is 13.2. The molecular formula is C36H45Cl4N5O6S2. The SMILES string of the molecule is CCC(C)(C)c1ccc(OCCCNS(=O)(=O)c2ccc(Cl)c(Nc3[nH]n(-c4c(Cl)cc(Cl)cc4Cl)c(=O)c3NS(=O)(=O)CC)c2)c(C(C)(C)CC)c1. The van der Waals surface area contributed by atoms with Gasteiger partial charge in [-0.1, -0.05) is 100 Å². The highest BCUT2D eigenvalue weighted by Crippen LogP contribution is 2.39. The Morgan fingerprint density at radius 2 is 1.47 bits per heavy atom. The van der Waals surface area contributed by atoms with E-state index < -0.39 is 31.3 Å². The number of nitrogens with zero attached hydrogens (tertiary/aromatic N) is 1. The first-order chi connectivity index (χ1) is 24.7. The minimum atomic E-state index is -4.04. The van der Waals surface area contributed by atoms with Crippen LogP contribution in [0.4, 0.5) is 17.2 Å². The largest absolute Gasteiger partial charge is 0.493 e. The number of halogens is 4. The number of rotatable bonds is 17. The molecule has 0 saturated carbocycles. The Balaban J connectivity index is 1.54. The number of nitrogens with one attached hydrogen (secondary N) is 4. The van der Waals surface area contributed by atoms with E-state index in [-0.39, 0.29) is 71.9 Å². The summed E-state index contributed by atoms with van der Waals surface area (Å²) in [5, 5.41) is 5.91. The average Bonchev–Trinajstić information content (AvgIpc) is 3.37. The average molecular weight is 850 g/mol. The maximum Gasteiger partial charge on any atom is 0.297 e. The van der Waals surface area contributed by atoms with Gasteiger partial charge in [-0.25, -0.2) is 26.2 Å². The first-order valence-corrected chi connectivity index (χ1v) is 21.7. The van der Waals surface area contributed by atoms with Gasteiger partial charge >= 0.3 is 0 Å². The molecule has 1 heterocycles. The van der Waals surface area contributed by atoms with E-state index in [4.69, 9.17) is 51.1 Å². The van der Waals surface area contributed by atoms with E-state index in [0.717, 1.165) is 28.8 Å². The summed E-state index contributed by atoms with van der Waals surface area (Å²) in [7, 11) is -8.00. The molecule has 0 fully saturated rings. The maximum atomic E-state index is 13.6. The van der Waals surface area contributed by atoms with Gasteiger partial charge < -0.3 is 10.1 Å². The molecule has 4 N–H and O–H groups in total. The summed E-state index contributed by atoms with van der Waals surface area (Å²) in [5.41, 5.74) is 1.04. The second-order valence-corrected chi connectivity index (χ2v) is 19.2. The monoisotopic (exact) mass is 847 g/mol. The molecule has 0 spiro atoms. The smallest absolute Gasteiger partial charge is 0.297 e. The predicted molar refractivity (Wildman–Crippen MR) is 218 cm³/mol. The third kappa shape index (κ3) is 10.0. The van der Waals surface area contributed by atoms with Gasteiger partial charge in [0, 0.05) is 17.1 Å². The van der Waals surface area contributed by atoms with Crippen LogP contribution in [0.5, 0.6) is 5.75 Å². The summed E-state index contributed by atoms with van der Waals surface area (Å²) in [6.07, 6.45) is 2.30. The summed E-state index contributed by atoms with van der Waals surface area (Å²) in [4.78, 5) is 13.4. The topological polar surface area (TPSA) is 151 Å². The lowest BCUT2D eigenvalue weighted by atomic mass is 9.76. The van der Waals surface area contributed by atoms with Crippen LogP contribution in [-0.2, 0) is 30.9 Å². The van der Waals surface area contributed by atoms with Crippen molar-refractivity contribution in [2.45, 2.75) is 83.5 Å². The summed E-state index contributed by atoms with van der Waals surface area (Å²) in [6, 6.07) is 13.0.